The fourth-order valence-corrected chi connectivity index (χ4v) is 2.90. The van der Waals surface area contributed by atoms with Gasteiger partial charge in [-0.1, -0.05) is 11.3 Å². The van der Waals surface area contributed by atoms with Gasteiger partial charge in [0.25, 0.3) is 0 Å². The van der Waals surface area contributed by atoms with Gasteiger partial charge in [-0.25, -0.2) is 4.98 Å². The summed E-state index contributed by atoms with van der Waals surface area (Å²) < 4.78 is 1.09. The molecule has 4 nitrogen and oxygen atoms in total. The lowest BCUT2D eigenvalue weighted by Crippen LogP contribution is -2.08. The van der Waals surface area contributed by atoms with Gasteiger partial charge in [-0.2, -0.15) is 0 Å². The maximum Gasteiger partial charge on any atom is 0.188 e. The summed E-state index contributed by atoms with van der Waals surface area (Å²) >= 11 is 1.60. The number of benzene rings is 2. The average Bonchev–Trinajstić information content (AvgIpc) is 2.80. The third kappa shape index (κ3) is 2.53. The molecule has 0 saturated carbocycles. The first-order chi connectivity index (χ1) is 9.61. The van der Waals surface area contributed by atoms with Crippen LogP contribution in [0.15, 0.2) is 42.5 Å². The Morgan fingerprint density at radius 2 is 1.85 bits per heavy atom. The number of hydrogen-bond acceptors (Lipinski definition) is 5. The van der Waals surface area contributed by atoms with E-state index < -0.39 is 0 Å². The molecule has 0 amide bonds. The molecule has 0 spiro atoms. The zero-order valence-corrected chi connectivity index (χ0v) is 12.2. The average molecular weight is 284 g/mol. The number of fused-ring (bicyclic) bond motifs is 1. The van der Waals surface area contributed by atoms with Crippen molar-refractivity contribution >= 4 is 43.7 Å². The van der Waals surface area contributed by atoms with Crippen molar-refractivity contribution in [3.63, 3.8) is 0 Å². The van der Waals surface area contributed by atoms with E-state index in [4.69, 9.17) is 5.73 Å². The maximum absolute atomic E-state index is 5.78. The molecule has 0 aliphatic carbocycles. The topological polar surface area (TPSA) is 54.2 Å². The van der Waals surface area contributed by atoms with Gasteiger partial charge in [0.05, 0.1) is 10.2 Å². The van der Waals surface area contributed by atoms with Crippen molar-refractivity contribution in [1.82, 2.24) is 4.98 Å². The van der Waals surface area contributed by atoms with Crippen molar-refractivity contribution in [1.29, 1.82) is 0 Å². The van der Waals surface area contributed by atoms with Crippen LogP contribution in [-0.4, -0.2) is 19.1 Å². The number of hydrogen-bond donors (Lipinski definition) is 2. The lowest BCUT2D eigenvalue weighted by molar-refractivity contribution is 1.13. The van der Waals surface area contributed by atoms with Crippen LogP contribution in [0.2, 0.25) is 0 Å². The standard InChI is InChI=1S/C15H16N4S/c1-19(2)12-6-4-11(5-7-12)17-15-18-13-8-3-10(16)9-14(13)20-15/h3-9H,16H2,1-2H3,(H,17,18). The minimum Gasteiger partial charge on any atom is -0.399 e. The maximum atomic E-state index is 5.78. The predicted molar refractivity (Wildman–Crippen MR) is 88.1 cm³/mol. The van der Waals surface area contributed by atoms with Gasteiger partial charge in [0.2, 0.25) is 0 Å². The first-order valence-corrected chi connectivity index (χ1v) is 7.14. The molecule has 0 aliphatic rings. The Hall–Kier alpha value is -2.27. The molecule has 3 rings (SSSR count). The van der Waals surface area contributed by atoms with Crippen molar-refractivity contribution in [2.75, 3.05) is 30.0 Å². The molecular weight excluding hydrogens is 268 g/mol. The summed E-state index contributed by atoms with van der Waals surface area (Å²) in [6.07, 6.45) is 0. The molecule has 5 heteroatoms. The molecule has 1 heterocycles. The van der Waals surface area contributed by atoms with E-state index >= 15 is 0 Å². The Morgan fingerprint density at radius 3 is 2.55 bits per heavy atom. The van der Waals surface area contributed by atoms with E-state index in [2.05, 4.69) is 39.5 Å². The molecule has 0 atom stereocenters. The van der Waals surface area contributed by atoms with Gasteiger partial charge in [0, 0.05) is 31.2 Å². The van der Waals surface area contributed by atoms with Gasteiger partial charge in [0.15, 0.2) is 5.13 Å². The lowest BCUT2D eigenvalue weighted by Gasteiger charge is -2.12. The molecule has 0 bridgehead atoms. The summed E-state index contributed by atoms with van der Waals surface area (Å²) in [4.78, 5) is 6.62. The summed E-state index contributed by atoms with van der Waals surface area (Å²) in [6.45, 7) is 0. The molecule has 1 aromatic heterocycles. The minimum atomic E-state index is 0.767. The van der Waals surface area contributed by atoms with Gasteiger partial charge in [0.1, 0.15) is 0 Å². The van der Waals surface area contributed by atoms with Crippen molar-refractivity contribution in [3.8, 4) is 0 Å². The highest BCUT2D eigenvalue weighted by Crippen LogP contribution is 2.30. The Kier molecular flexibility index (Phi) is 3.20. The molecule has 20 heavy (non-hydrogen) atoms. The predicted octanol–water partition coefficient (Wildman–Crippen LogP) is 3.69. The molecule has 3 aromatic rings. The van der Waals surface area contributed by atoms with Crippen LogP contribution >= 0.6 is 11.3 Å². The number of aromatic nitrogens is 1. The molecule has 0 unspecified atom stereocenters. The smallest absolute Gasteiger partial charge is 0.188 e. The highest BCUT2D eigenvalue weighted by Gasteiger charge is 2.04. The molecular formula is C15H16N4S. The summed E-state index contributed by atoms with van der Waals surface area (Å²) in [6, 6.07) is 14.0. The van der Waals surface area contributed by atoms with E-state index in [0.29, 0.717) is 0 Å². The molecule has 0 radical (unpaired) electrons. The number of anilines is 4. The zero-order chi connectivity index (χ0) is 14.1. The number of nitrogen functional groups attached to an aromatic ring is 1. The van der Waals surface area contributed by atoms with Crippen molar-refractivity contribution < 1.29 is 0 Å². The van der Waals surface area contributed by atoms with Crippen molar-refractivity contribution in [2.24, 2.45) is 0 Å². The van der Waals surface area contributed by atoms with Crippen LogP contribution in [0.25, 0.3) is 10.2 Å². The Balaban J connectivity index is 1.85. The van der Waals surface area contributed by atoms with Crippen molar-refractivity contribution in [2.45, 2.75) is 0 Å². The van der Waals surface area contributed by atoms with Gasteiger partial charge < -0.3 is 16.0 Å². The Bertz CT molecular complexity index is 731. The number of thiazole rings is 1. The third-order valence-electron chi connectivity index (χ3n) is 3.05. The van der Waals surface area contributed by atoms with Crippen molar-refractivity contribution in [3.05, 3.63) is 42.5 Å². The quantitative estimate of drug-likeness (QED) is 0.720. The Labute approximate surface area is 121 Å². The molecule has 3 N–H and O–H groups in total. The van der Waals surface area contributed by atoms with E-state index in [9.17, 15) is 0 Å². The van der Waals surface area contributed by atoms with E-state index in [1.807, 2.05) is 32.3 Å². The molecule has 0 fully saturated rings. The van der Waals surface area contributed by atoms with Crippen LogP contribution in [0, 0.1) is 0 Å². The molecule has 2 aromatic carbocycles. The van der Waals surface area contributed by atoms with Crippen LogP contribution in [-0.2, 0) is 0 Å². The van der Waals surface area contributed by atoms with E-state index in [1.165, 1.54) is 5.69 Å². The van der Waals surface area contributed by atoms with E-state index in [-0.39, 0.29) is 0 Å². The fourth-order valence-electron chi connectivity index (χ4n) is 1.96. The van der Waals surface area contributed by atoms with E-state index in [0.717, 1.165) is 26.7 Å². The SMILES string of the molecule is CN(C)c1ccc(Nc2nc3ccc(N)cc3s2)cc1. The van der Waals surface area contributed by atoms with E-state index in [1.54, 1.807) is 11.3 Å². The minimum absolute atomic E-state index is 0.767. The van der Waals surface area contributed by atoms with Crippen LogP contribution in [0.1, 0.15) is 0 Å². The first kappa shape index (κ1) is 12.7. The van der Waals surface area contributed by atoms with Gasteiger partial charge in [-0.05, 0) is 42.5 Å². The van der Waals surface area contributed by atoms with Gasteiger partial charge in [-0.15, -0.1) is 0 Å². The summed E-state index contributed by atoms with van der Waals surface area (Å²) in [7, 11) is 4.06. The van der Waals surface area contributed by atoms with Crippen LogP contribution < -0.4 is 16.0 Å². The summed E-state index contributed by atoms with van der Waals surface area (Å²) in [5, 5.41) is 4.20. The number of nitrogens with one attached hydrogen (secondary N) is 1. The number of nitrogens with zero attached hydrogens (tertiary/aromatic N) is 2. The normalized spacial score (nSPS) is 10.7. The molecule has 0 aliphatic heterocycles. The van der Waals surface area contributed by atoms with Gasteiger partial charge >= 0.3 is 0 Å². The van der Waals surface area contributed by atoms with Crippen LogP contribution in [0.3, 0.4) is 0 Å². The fraction of sp³-hybridized carbons (Fsp3) is 0.133. The lowest BCUT2D eigenvalue weighted by atomic mass is 10.2. The molecule has 0 saturated heterocycles. The third-order valence-corrected chi connectivity index (χ3v) is 3.98. The highest BCUT2D eigenvalue weighted by atomic mass is 32.1. The highest BCUT2D eigenvalue weighted by molar-refractivity contribution is 7.22. The second-order valence-electron chi connectivity index (χ2n) is 4.81. The Morgan fingerprint density at radius 1 is 1.10 bits per heavy atom. The van der Waals surface area contributed by atoms with Gasteiger partial charge in [-0.3, -0.25) is 0 Å². The molecule has 102 valence electrons. The second kappa shape index (κ2) is 5.02. The summed E-state index contributed by atoms with van der Waals surface area (Å²) in [5.41, 5.74) is 9.72. The number of nitrogens with two attached hydrogens (primary N) is 1. The largest absolute Gasteiger partial charge is 0.399 e. The number of rotatable bonds is 3. The summed E-state index contributed by atoms with van der Waals surface area (Å²) in [5.74, 6) is 0. The van der Waals surface area contributed by atoms with Crippen LogP contribution in [0.5, 0.6) is 0 Å². The zero-order valence-electron chi connectivity index (χ0n) is 11.4. The first-order valence-electron chi connectivity index (χ1n) is 6.32. The van der Waals surface area contributed by atoms with Crippen LogP contribution in [0.4, 0.5) is 22.2 Å². The second-order valence-corrected chi connectivity index (χ2v) is 5.84. The monoisotopic (exact) mass is 284 g/mol.